The summed E-state index contributed by atoms with van der Waals surface area (Å²) in [7, 11) is 1.86. The fourth-order valence-electron chi connectivity index (χ4n) is 4.45. The molecule has 1 aliphatic heterocycles. The predicted octanol–water partition coefficient (Wildman–Crippen LogP) is 3.18. The van der Waals surface area contributed by atoms with Crippen LogP contribution in [0.25, 0.3) is 10.9 Å². The van der Waals surface area contributed by atoms with Gasteiger partial charge in [0.25, 0.3) is 5.91 Å². The van der Waals surface area contributed by atoms with Crippen molar-refractivity contribution < 1.29 is 14.0 Å². The lowest BCUT2D eigenvalue weighted by molar-refractivity contribution is -0.133. The van der Waals surface area contributed by atoms with E-state index in [4.69, 9.17) is 0 Å². The minimum absolute atomic E-state index is 0.0888. The fraction of sp³-hybridized carbons (Fsp3) is 0.524. The molecule has 0 N–H and O–H groups in total. The topological polar surface area (TPSA) is 45.6 Å². The number of carbonyl (C=O) groups is 2. The molecule has 0 unspecified atom stereocenters. The zero-order valence-corrected chi connectivity index (χ0v) is 15.8. The van der Waals surface area contributed by atoms with Gasteiger partial charge >= 0.3 is 0 Å². The van der Waals surface area contributed by atoms with E-state index in [0.717, 1.165) is 5.52 Å². The van der Waals surface area contributed by atoms with Gasteiger partial charge in [-0.1, -0.05) is 12.8 Å². The maximum atomic E-state index is 13.7. The summed E-state index contributed by atoms with van der Waals surface area (Å²) in [5.74, 6) is 0.336. The number of piperazine rings is 1. The van der Waals surface area contributed by atoms with E-state index in [-0.39, 0.29) is 17.6 Å². The number of aromatic nitrogens is 1. The van der Waals surface area contributed by atoms with Gasteiger partial charge in [-0.05, 0) is 37.0 Å². The fourth-order valence-corrected chi connectivity index (χ4v) is 4.45. The van der Waals surface area contributed by atoms with Crippen LogP contribution in [0.4, 0.5) is 4.39 Å². The van der Waals surface area contributed by atoms with Crippen LogP contribution in [0.1, 0.15) is 42.5 Å². The highest BCUT2D eigenvalue weighted by atomic mass is 19.1. The third kappa shape index (κ3) is 3.57. The third-order valence-electron chi connectivity index (χ3n) is 6.04. The molecule has 1 aliphatic carbocycles. The lowest BCUT2D eigenvalue weighted by Crippen LogP contribution is -2.50. The van der Waals surface area contributed by atoms with Crippen LogP contribution in [-0.2, 0) is 11.8 Å². The van der Waals surface area contributed by atoms with Crippen LogP contribution in [0.5, 0.6) is 0 Å². The molecule has 27 heavy (non-hydrogen) atoms. The SMILES string of the molecule is Cn1cc(C(=O)N2CCN(C(=O)CC3CCCC3)CC2)c2cc(F)ccc21. The Labute approximate surface area is 158 Å². The molecular formula is C21H26FN3O2. The maximum Gasteiger partial charge on any atom is 0.256 e. The molecule has 2 amide bonds. The molecule has 0 bridgehead atoms. The van der Waals surface area contributed by atoms with Crippen LogP contribution in [-0.4, -0.2) is 52.4 Å². The van der Waals surface area contributed by atoms with Crippen LogP contribution in [0.3, 0.4) is 0 Å². The van der Waals surface area contributed by atoms with Crippen LogP contribution in [0.15, 0.2) is 24.4 Å². The van der Waals surface area contributed by atoms with Gasteiger partial charge in [-0.15, -0.1) is 0 Å². The summed E-state index contributed by atoms with van der Waals surface area (Å²) in [6.45, 7) is 2.22. The van der Waals surface area contributed by atoms with Gasteiger partial charge in [0.2, 0.25) is 5.91 Å². The van der Waals surface area contributed by atoms with Gasteiger partial charge in [-0.25, -0.2) is 4.39 Å². The van der Waals surface area contributed by atoms with Gasteiger partial charge in [-0.2, -0.15) is 0 Å². The molecule has 0 radical (unpaired) electrons. The first-order chi connectivity index (χ1) is 13.0. The quantitative estimate of drug-likeness (QED) is 0.832. The Morgan fingerprint density at radius 2 is 1.74 bits per heavy atom. The van der Waals surface area contributed by atoms with Crippen LogP contribution >= 0.6 is 0 Å². The molecule has 0 spiro atoms. The van der Waals surface area contributed by atoms with Crippen LogP contribution in [0, 0.1) is 11.7 Å². The zero-order chi connectivity index (χ0) is 19.0. The molecule has 1 aromatic heterocycles. The molecule has 2 aliphatic rings. The first-order valence-corrected chi connectivity index (χ1v) is 9.84. The molecule has 2 aromatic rings. The second-order valence-corrected chi connectivity index (χ2v) is 7.84. The molecule has 144 valence electrons. The van der Waals surface area contributed by atoms with Gasteiger partial charge in [0.15, 0.2) is 0 Å². The average molecular weight is 371 g/mol. The summed E-state index contributed by atoms with van der Waals surface area (Å²) in [4.78, 5) is 29.1. The maximum absolute atomic E-state index is 13.7. The van der Waals surface area contributed by atoms with Gasteiger partial charge in [-0.3, -0.25) is 9.59 Å². The van der Waals surface area contributed by atoms with E-state index in [1.165, 1.54) is 37.8 Å². The van der Waals surface area contributed by atoms with Crippen molar-refractivity contribution in [1.29, 1.82) is 0 Å². The summed E-state index contributed by atoms with van der Waals surface area (Å²) in [6, 6.07) is 4.52. The van der Waals surface area contributed by atoms with Crippen molar-refractivity contribution in [2.75, 3.05) is 26.2 Å². The molecular weight excluding hydrogens is 345 g/mol. The van der Waals surface area contributed by atoms with E-state index in [1.807, 2.05) is 16.5 Å². The van der Waals surface area contributed by atoms with Crippen LogP contribution < -0.4 is 0 Å². The Hall–Kier alpha value is -2.37. The number of carbonyl (C=O) groups excluding carboxylic acids is 2. The first kappa shape index (κ1) is 18.0. The van der Waals surface area contributed by atoms with Gasteiger partial charge in [0.1, 0.15) is 5.82 Å². The minimum atomic E-state index is -0.343. The molecule has 4 rings (SSSR count). The number of hydrogen-bond acceptors (Lipinski definition) is 2. The summed E-state index contributed by atoms with van der Waals surface area (Å²) < 4.78 is 15.5. The Balaban J connectivity index is 1.41. The molecule has 5 nitrogen and oxygen atoms in total. The van der Waals surface area contributed by atoms with E-state index < -0.39 is 0 Å². The number of halogens is 1. The molecule has 2 heterocycles. The highest BCUT2D eigenvalue weighted by Gasteiger charge is 2.28. The Morgan fingerprint density at radius 1 is 1.07 bits per heavy atom. The largest absolute Gasteiger partial charge is 0.350 e. The van der Waals surface area contributed by atoms with Gasteiger partial charge in [0, 0.05) is 56.7 Å². The van der Waals surface area contributed by atoms with E-state index in [0.29, 0.717) is 49.5 Å². The van der Waals surface area contributed by atoms with Crippen molar-refractivity contribution >= 4 is 22.7 Å². The van der Waals surface area contributed by atoms with E-state index >= 15 is 0 Å². The molecule has 2 fully saturated rings. The lowest BCUT2D eigenvalue weighted by Gasteiger charge is -2.35. The molecule has 1 saturated carbocycles. The second-order valence-electron chi connectivity index (χ2n) is 7.84. The van der Waals surface area contributed by atoms with Gasteiger partial charge < -0.3 is 14.4 Å². The Bertz CT molecular complexity index is 862. The highest BCUT2D eigenvalue weighted by Crippen LogP contribution is 2.28. The van der Waals surface area contributed by atoms with Gasteiger partial charge in [0.05, 0.1) is 5.56 Å². The van der Waals surface area contributed by atoms with Crippen molar-refractivity contribution in [1.82, 2.24) is 14.4 Å². The lowest BCUT2D eigenvalue weighted by atomic mass is 10.0. The number of fused-ring (bicyclic) bond motifs is 1. The number of nitrogens with zero attached hydrogens (tertiary/aromatic N) is 3. The van der Waals surface area contributed by atoms with Crippen molar-refractivity contribution in [3.63, 3.8) is 0 Å². The van der Waals surface area contributed by atoms with Crippen molar-refractivity contribution in [3.05, 3.63) is 35.8 Å². The number of amides is 2. The summed E-state index contributed by atoms with van der Waals surface area (Å²) in [6.07, 6.45) is 7.24. The highest BCUT2D eigenvalue weighted by molar-refractivity contribution is 6.07. The normalized spacial score (nSPS) is 18.4. The summed E-state index contributed by atoms with van der Waals surface area (Å²) in [5.41, 5.74) is 1.36. The molecule has 1 saturated heterocycles. The predicted molar refractivity (Wildman–Crippen MR) is 102 cm³/mol. The zero-order valence-electron chi connectivity index (χ0n) is 15.8. The van der Waals surface area contributed by atoms with E-state index in [9.17, 15) is 14.0 Å². The second kappa shape index (κ2) is 7.33. The van der Waals surface area contributed by atoms with Crippen molar-refractivity contribution in [2.45, 2.75) is 32.1 Å². The minimum Gasteiger partial charge on any atom is -0.350 e. The number of hydrogen-bond donors (Lipinski definition) is 0. The Morgan fingerprint density at radius 3 is 2.44 bits per heavy atom. The molecule has 0 atom stereocenters. The average Bonchev–Trinajstić information content (AvgIpc) is 3.29. The van der Waals surface area contributed by atoms with Crippen molar-refractivity contribution in [3.8, 4) is 0 Å². The summed E-state index contributed by atoms with van der Waals surface area (Å²) >= 11 is 0. The van der Waals surface area contributed by atoms with E-state index in [1.54, 1.807) is 17.2 Å². The van der Waals surface area contributed by atoms with Crippen molar-refractivity contribution in [2.24, 2.45) is 13.0 Å². The monoisotopic (exact) mass is 371 g/mol. The Kier molecular flexibility index (Phi) is 4.89. The molecule has 6 heteroatoms. The molecule has 1 aromatic carbocycles. The third-order valence-corrected chi connectivity index (χ3v) is 6.04. The van der Waals surface area contributed by atoms with Crippen LogP contribution in [0.2, 0.25) is 0 Å². The standard InChI is InChI=1S/C21H26FN3O2/c1-23-14-18(17-13-16(22)6-7-19(17)23)21(27)25-10-8-24(9-11-25)20(26)12-15-4-2-3-5-15/h6-7,13-15H,2-5,8-12H2,1H3. The smallest absolute Gasteiger partial charge is 0.256 e. The summed E-state index contributed by atoms with van der Waals surface area (Å²) in [5, 5.41) is 0.641. The first-order valence-electron chi connectivity index (χ1n) is 9.84. The van der Waals surface area contributed by atoms with E-state index in [2.05, 4.69) is 0 Å². The number of rotatable bonds is 3. The number of aryl methyl sites for hydroxylation is 1. The number of benzene rings is 1.